The number of ether oxygens (including phenoxy) is 1. The summed E-state index contributed by atoms with van der Waals surface area (Å²) < 4.78 is 5.72. The lowest BCUT2D eigenvalue weighted by Gasteiger charge is -2.26. The zero-order valence-corrected chi connectivity index (χ0v) is 12.9. The van der Waals surface area contributed by atoms with Gasteiger partial charge < -0.3 is 15.2 Å². The number of amides is 1. The Morgan fingerprint density at radius 2 is 1.91 bits per heavy atom. The van der Waals surface area contributed by atoms with Gasteiger partial charge in [0.25, 0.3) is 0 Å². The SMILES string of the molecule is O=C(NC1CCC(O)CC1)[C@@H]1C[C@H]1COCc1ccccc1. The van der Waals surface area contributed by atoms with Crippen molar-refractivity contribution < 1.29 is 14.6 Å². The van der Waals surface area contributed by atoms with Gasteiger partial charge in [0.1, 0.15) is 0 Å². The minimum Gasteiger partial charge on any atom is -0.393 e. The average molecular weight is 303 g/mol. The van der Waals surface area contributed by atoms with Gasteiger partial charge in [-0.1, -0.05) is 30.3 Å². The Labute approximate surface area is 131 Å². The van der Waals surface area contributed by atoms with E-state index in [4.69, 9.17) is 4.74 Å². The predicted molar refractivity (Wildman–Crippen MR) is 84.1 cm³/mol. The van der Waals surface area contributed by atoms with Crippen molar-refractivity contribution in [3.63, 3.8) is 0 Å². The van der Waals surface area contributed by atoms with Gasteiger partial charge in [-0.25, -0.2) is 0 Å². The molecule has 0 aromatic heterocycles. The maximum Gasteiger partial charge on any atom is 0.223 e. The van der Waals surface area contributed by atoms with E-state index in [2.05, 4.69) is 17.4 Å². The minimum atomic E-state index is -0.173. The van der Waals surface area contributed by atoms with Gasteiger partial charge in [-0.15, -0.1) is 0 Å². The summed E-state index contributed by atoms with van der Waals surface area (Å²) in [5.41, 5.74) is 1.17. The molecule has 0 radical (unpaired) electrons. The van der Waals surface area contributed by atoms with Crippen molar-refractivity contribution in [2.45, 2.75) is 50.9 Å². The van der Waals surface area contributed by atoms with E-state index in [9.17, 15) is 9.90 Å². The molecular formula is C18H25NO3. The van der Waals surface area contributed by atoms with Crippen molar-refractivity contribution in [2.24, 2.45) is 11.8 Å². The van der Waals surface area contributed by atoms with Crippen molar-refractivity contribution >= 4 is 5.91 Å². The molecule has 1 aromatic rings. The number of carbonyl (C=O) groups excluding carboxylic acids is 1. The van der Waals surface area contributed by atoms with Crippen LogP contribution in [-0.2, 0) is 16.1 Å². The van der Waals surface area contributed by atoms with Crippen LogP contribution in [-0.4, -0.2) is 29.8 Å². The molecule has 1 aromatic carbocycles. The second kappa shape index (κ2) is 7.25. The van der Waals surface area contributed by atoms with E-state index >= 15 is 0 Å². The highest BCUT2D eigenvalue weighted by atomic mass is 16.5. The third-order valence-corrected chi connectivity index (χ3v) is 4.75. The highest BCUT2D eigenvalue weighted by Crippen LogP contribution is 2.39. The second-order valence-corrected chi connectivity index (χ2v) is 6.62. The fourth-order valence-corrected chi connectivity index (χ4v) is 3.18. The van der Waals surface area contributed by atoms with Crippen LogP contribution >= 0.6 is 0 Å². The normalized spacial score (nSPS) is 30.8. The van der Waals surface area contributed by atoms with Gasteiger partial charge >= 0.3 is 0 Å². The highest BCUT2D eigenvalue weighted by Gasteiger charge is 2.43. The second-order valence-electron chi connectivity index (χ2n) is 6.62. The van der Waals surface area contributed by atoms with Crippen LogP contribution in [0.1, 0.15) is 37.7 Å². The molecule has 2 aliphatic carbocycles. The number of hydrogen-bond donors (Lipinski definition) is 2. The maximum atomic E-state index is 12.2. The zero-order valence-electron chi connectivity index (χ0n) is 12.9. The Balaban J connectivity index is 1.32. The molecule has 0 heterocycles. The van der Waals surface area contributed by atoms with Gasteiger partial charge in [0.05, 0.1) is 19.3 Å². The van der Waals surface area contributed by atoms with Gasteiger partial charge in [0.2, 0.25) is 5.91 Å². The maximum absolute atomic E-state index is 12.2. The van der Waals surface area contributed by atoms with Gasteiger partial charge in [0, 0.05) is 12.0 Å². The monoisotopic (exact) mass is 303 g/mol. The first kappa shape index (κ1) is 15.5. The molecule has 22 heavy (non-hydrogen) atoms. The zero-order chi connectivity index (χ0) is 15.4. The lowest BCUT2D eigenvalue weighted by Crippen LogP contribution is -2.39. The van der Waals surface area contributed by atoms with Crippen LogP contribution in [0.25, 0.3) is 0 Å². The molecule has 0 unspecified atom stereocenters. The summed E-state index contributed by atoms with van der Waals surface area (Å²) in [5.74, 6) is 0.676. The molecule has 1 amide bonds. The van der Waals surface area contributed by atoms with Crippen molar-refractivity contribution in [1.82, 2.24) is 5.32 Å². The number of carbonyl (C=O) groups is 1. The molecular weight excluding hydrogens is 278 g/mol. The van der Waals surface area contributed by atoms with E-state index in [1.165, 1.54) is 5.56 Å². The van der Waals surface area contributed by atoms with Crippen molar-refractivity contribution in [3.8, 4) is 0 Å². The van der Waals surface area contributed by atoms with Crippen LogP contribution < -0.4 is 5.32 Å². The summed E-state index contributed by atoms with van der Waals surface area (Å²) in [6.07, 6.45) is 4.17. The average Bonchev–Trinajstić information content (AvgIpc) is 3.30. The van der Waals surface area contributed by atoms with E-state index in [0.29, 0.717) is 19.1 Å². The number of aliphatic hydroxyl groups is 1. The van der Waals surface area contributed by atoms with Crippen molar-refractivity contribution in [1.29, 1.82) is 0 Å². The first-order valence-corrected chi connectivity index (χ1v) is 8.32. The quantitative estimate of drug-likeness (QED) is 0.847. The first-order valence-electron chi connectivity index (χ1n) is 8.32. The first-order chi connectivity index (χ1) is 10.7. The Kier molecular flexibility index (Phi) is 5.11. The Morgan fingerprint density at radius 3 is 2.64 bits per heavy atom. The summed E-state index contributed by atoms with van der Waals surface area (Å²) in [6.45, 7) is 1.28. The Bertz CT molecular complexity index is 482. The van der Waals surface area contributed by atoms with Gasteiger partial charge in [-0.05, 0) is 43.6 Å². The Morgan fingerprint density at radius 1 is 1.18 bits per heavy atom. The van der Waals surface area contributed by atoms with Crippen LogP contribution in [0.4, 0.5) is 0 Å². The molecule has 4 nitrogen and oxygen atoms in total. The van der Waals surface area contributed by atoms with E-state index in [1.807, 2.05) is 18.2 Å². The smallest absolute Gasteiger partial charge is 0.223 e. The molecule has 2 atom stereocenters. The molecule has 2 saturated carbocycles. The molecule has 3 rings (SSSR count). The van der Waals surface area contributed by atoms with E-state index in [1.54, 1.807) is 0 Å². The number of rotatable bonds is 6. The van der Waals surface area contributed by atoms with Crippen LogP contribution in [0.2, 0.25) is 0 Å². The molecule has 0 aliphatic heterocycles. The van der Waals surface area contributed by atoms with Crippen molar-refractivity contribution in [3.05, 3.63) is 35.9 Å². The molecule has 2 fully saturated rings. The lowest BCUT2D eigenvalue weighted by atomic mass is 9.93. The fourth-order valence-electron chi connectivity index (χ4n) is 3.18. The summed E-state index contributed by atoms with van der Waals surface area (Å²) >= 11 is 0. The van der Waals surface area contributed by atoms with Crippen molar-refractivity contribution in [2.75, 3.05) is 6.61 Å². The number of nitrogens with one attached hydrogen (secondary N) is 1. The van der Waals surface area contributed by atoms with Crippen LogP contribution in [0.15, 0.2) is 30.3 Å². The summed E-state index contributed by atoms with van der Waals surface area (Å²) in [6, 6.07) is 10.4. The van der Waals surface area contributed by atoms with E-state index in [0.717, 1.165) is 32.1 Å². The standard InChI is InChI=1S/C18H25NO3/c20-16-8-6-15(7-9-16)19-18(21)17-10-14(17)12-22-11-13-4-2-1-3-5-13/h1-5,14-17,20H,6-12H2,(H,19,21)/t14-,15?,16?,17+/m0/s1. The summed E-state index contributed by atoms with van der Waals surface area (Å²) in [7, 11) is 0. The fraction of sp³-hybridized carbons (Fsp3) is 0.611. The number of aliphatic hydroxyl groups excluding tert-OH is 1. The van der Waals surface area contributed by atoms with Gasteiger partial charge in [-0.3, -0.25) is 4.79 Å². The van der Waals surface area contributed by atoms with E-state index < -0.39 is 0 Å². The number of benzene rings is 1. The van der Waals surface area contributed by atoms with Gasteiger partial charge in [-0.2, -0.15) is 0 Å². The molecule has 4 heteroatoms. The van der Waals surface area contributed by atoms with E-state index in [-0.39, 0.29) is 24.0 Å². The summed E-state index contributed by atoms with van der Waals surface area (Å²) in [5, 5.41) is 12.6. The Hall–Kier alpha value is -1.39. The molecule has 120 valence electrons. The van der Waals surface area contributed by atoms with Gasteiger partial charge in [0.15, 0.2) is 0 Å². The topological polar surface area (TPSA) is 58.6 Å². The molecule has 0 bridgehead atoms. The minimum absolute atomic E-state index is 0.127. The third-order valence-electron chi connectivity index (χ3n) is 4.75. The predicted octanol–water partition coefficient (Wildman–Crippen LogP) is 2.26. The summed E-state index contributed by atoms with van der Waals surface area (Å²) in [4.78, 5) is 12.2. The molecule has 2 aliphatic rings. The molecule has 2 N–H and O–H groups in total. The molecule has 0 spiro atoms. The highest BCUT2D eigenvalue weighted by molar-refractivity contribution is 5.81. The largest absolute Gasteiger partial charge is 0.393 e. The molecule has 0 saturated heterocycles. The van der Waals surface area contributed by atoms with Crippen LogP contribution in [0.3, 0.4) is 0 Å². The van der Waals surface area contributed by atoms with Crippen LogP contribution in [0, 0.1) is 11.8 Å². The van der Waals surface area contributed by atoms with Crippen LogP contribution in [0.5, 0.6) is 0 Å². The lowest BCUT2D eigenvalue weighted by molar-refractivity contribution is -0.123. The number of hydrogen-bond acceptors (Lipinski definition) is 3. The third kappa shape index (κ3) is 4.31.